The van der Waals surface area contributed by atoms with Crippen LogP contribution in [0.1, 0.15) is 21.5 Å². The maximum atomic E-state index is 12.5. The number of carbonyl (C=O) groups excluding carboxylic acids is 1. The third kappa shape index (κ3) is 3.94. The summed E-state index contributed by atoms with van der Waals surface area (Å²) in [6.07, 6.45) is -3.12. The van der Waals surface area contributed by atoms with E-state index in [9.17, 15) is 18.0 Å². The van der Waals surface area contributed by atoms with Gasteiger partial charge in [-0.15, -0.1) is 0 Å². The van der Waals surface area contributed by atoms with Crippen LogP contribution in [0, 0.1) is 0 Å². The number of nitrogens with zero attached hydrogens (tertiary/aromatic N) is 2. The first-order valence-corrected chi connectivity index (χ1v) is 7.81. The fraction of sp³-hybridized carbons (Fsp3) is 0.0625. The molecule has 3 aromatic rings. The van der Waals surface area contributed by atoms with Gasteiger partial charge in [0.05, 0.1) is 22.0 Å². The zero-order valence-corrected chi connectivity index (χ0v) is 13.4. The van der Waals surface area contributed by atoms with Gasteiger partial charge in [0.25, 0.3) is 5.91 Å². The largest absolute Gasteiger partial charge is 0.416 e. The van der Waals surface area contributed by atoms with E-state index in [-0.39, 0.29) is 0 Å². The zero-order valence-electron chi connectivity index (χ0n) is 12.5. The van der Waals surface area contributed by atoms with E-state index >= 15 is 0 Å². The highest BCUT2D eigenvalue weighted by Crippen LogP contribution is 2.29. The summed E-state index contributed by atoms with van der Waals surface area (Å²) >= 11 is 1.26. The maximum Gasteiger partial charge on any atom is 0.416 e. The number of thiazole rings is 1. The van der Waals surface area contributed by atoms with Crippen LogP contribution in [0.3, 0.4) is 0 Å². The predicted molar refractivity (Wildman–Crippen MR) is 90.5 cm³/mol. The van der Waals surface area contributed by atoms with Crippen molar-refractivity contribution in [1.82, 2.24) is 10.4 Å². The molecule has 1 aromatic heterocycles. The van der Waals surface area contributed by atoms with Gasteiger partial charge in [-0.2, -0.15) is 18.3 Å². The van der Waals surface area contributed by atoms with Crippen LogP contribution in [-0.2, 0) is 6.18 Å². The van der Waals surface area contributed by atoms with Gasteiger partial charge in [-0.05, 0) is 35.9 Å². The van der Waals surface area contributed by atoms with E-state index in [0.717, 1.165) is 16.8 Å². The van der Waals surface area contributed by atoms with Crippen molar-refractivity contribution in [2.24, 2.45) is 5.10 Å². The number of anilines is 1. The van der Waals surface area contributed by atoms with Gasteiger partial charge in [-0.1, -0.05) is 23.5 Å². The van der Waals surface area contributed by atoms with E-state index in [1.54, 1.807) is 18.2 Å². The van der Waals surface area contributed by atoms with Crippen LogP contribution in [0.2, 0.25) is 0 Å². The molecule has 1 heterocycles. The van der Waals surface area contributed by atoms with E-state index in [0.29, 0.717) is 21.8 Å². The number of nitrogen functional groups attached to an aromatic ring is 1. The molecule has 128 valence electrons. The third-order valence-corrected chi connectivity index (χ3v) is 4.13. The number of aromatic nitrogens is 1. The summed E-state index contributed by atoms with van der Waals surface area (Å²) < 4.78 is 38.2. The first-order valence-electron chi connectivity index (χ1n) is 7.00. The van der Waals surface area contributed by atoms with E-state index in [2.05, 4.69) is 15.5 Å². The lowest BCUT2D eigenvalue weighted by Gasteiger charge is -2.05. The number of hydrazone groups is 1. The smallest absolute Gasteiger partial charge is 0.375 e. The average molecular weight is 364 g/mol. The summed E-state index contributed by atoms with van der Waals surface area (Å²) in [7, 11) is 0. The van der Waals surface area contributed by atoms with Crippen molar-refractivity contribution in [3.05, 3.63) is 59.2 Å². The normalized spacial score (nSPS) is 12.0. The fourth-order valence-electron chi connectivity index (χ4n) is 2.07. The Labute approximate surface area is 144 Å². The molecule has 0 atom stereocenters. The molecule has 3 rings (SSSR count). The minimum atomic E-state index is -4.39. The van der Waals surface area contributed by atoms with Gasteiger partial charge < -0.3 is 5.73 Å². The van der Waals surface area contributed by atoms with Gasteiger partial charge >= 0.3 is 6.18 Å². The predicted octanol–water partition coefficient (Wildman–Crippen LogP) is 3.66. The first-order chi connectivity index (χ1) is 11.8. The third-order valence-electron chi connectivity index (χ3n) is 3.28. The molecule has 0 fully saturated rings. The monoisotopic (exact) mass is 364 g/mol. The first kappa shape index (κ1) is 16.9. The zero-order chi connectivity index (χ0) is 18.0. The van der Waals surface area contributed by atoms with Crippen molar-refractivity contribution < 1.29 is 18.0 Å². The molecule has 0 bridgehead atoms. The maximum absolute atomic E-state index is 12.5. The number of amides is 1. The lowest BCUT2D eigenvalue weighted by Crippen LogP contribution is -2.17. The second-order valence-electron chi connectivity index (χ2n) is 5.05. The molecule has 2 aromatic carbocycles. The van der Waals surface area contributed by atoms with Crippen molar-refractivity contribution in [1.29, 1.82) is 0 Å². The summed E-state index contributed by atoms with van der Waals surface area (Å²) in [6, 6.07) is 9.35. The van der Waals surface area contributed by atoms with Crippen LogP contribution in [0.5, 0.6) is 0 Å². The minimum absolute atomic E-state index is 0.376. The number of rotatable bonds is 3. The molecule has 5 nitrogen and oxygen atoms in total. The van der Waals surface area contributed by atoms with Gasteiger partial charge in [0.2, 0.25) is 0 Å². The molecule has 0 aliphatic rings. The molecule has 3 N–H and O–H groups in total. The Morgan fingerprint density at radius 1 is 1.20 bits per heavy atom. The van der Waals surface area contributed by atoms with Crippen molar-refractivity contribution >= 4 is 38.8 Å². The van der Waals surface area contributed by atoms with Crippen LogP contribution >= 0.6 is 11.3 Å². The van der Waals surface area contributed by atoms with E-state index in [1.165, 1.54) is 29.7 Å². The lowest BCUT2D eigenvalue weighted by atomic mass is 10.1. The molecule has 0 saturated heterocycles. The van der Waals surface area contributed by atoms with Gasteiger partial charge in [0.15, 0.2) is 5.13 Å². The summed E-state index contributed by atoms with van der Waals surface area (Å²) in [5.41, 5.74) is 8.70. The highest BCUT2D eigenvalue weighted by atomic mass is 32.1. The molecule has 9 heteroatoms. The summed E-state index contributed by atoms with van der Waals surface area (Å²) in [4.78, 5) is 16.1. The summed E-state index contributed by atoms with van der Waals surface area (Å²) in [6.45, 7) is 0. The standard InChI is InChI=1S/C16H11F3N4OS/c17-16(18,19)11-4-1-9(2-5-11)8-21-23-14(24)10-3-6-12-13(7-10)25-15(20)22-12/h1-8H,(H2,20,22)(H,23,24)/b21-8-. The average Bonchev–Trinajstić information content (AvgIpc) is 2.93. The van der Waals surface area contributed by atoms with Gasteiger partial charge in [0.1, 0.15) is 0 Å². The van der Waals surface area contributed by atoms with Crippen LogP contribution < -0.4 is 11.2 Å². The molecule has 0 unspecified atom stereocenters. The van der Waals surface area contributed by atoms with Crippen molar-refractivity contribution in [3.63, 3.8) is 0 Å². The van der Waals surface area contributed by atoms with E-state index < -0.39 is 17.6 Å². The SMILES string of the molecule is Nc1nc2ccc(C(=O)N/N=C\c3ccc(C(F)(F)F)cc3)cc2s1. The minimum Gasteiger partial charge on any atom is -0.375 e. The summed E-state index contributed by atoms with van der Waals surface area (Å²) in [5, 5.41) is 4.16. The molecule has 0 aliphatic carbocycles. The highest BCUT2D eigenvalue weighted by molar-refractivity contribution is 7.22. The highest BCUT2D eigenvalue weighted by Gasteiger charge is 2.29. The Morgan fingerprint density at radius 3 is 2.60 bits per heavy atom. The quantitative estimate of drug-likeness (QED) is 0.550. The Bertz CT molecular complexity index is 948. The molecular weight excluding hydrogens is 353 g/mol. The second kappa shape index (κ2) is 6.52. The summed E-state index contributed by atoms with van der Waals surface area (Å²) in [5.74, 6) is -0.447. The van der Waals surface area contributed by atoms with E-state index in [4.69, 9.17) is 5.73 Å². The molecule has 0 aliphatic heterocycles. The molecule has 1 amide bonds. The van der Waals surface area contributed by atoms with Crippen LogP contribution in [-0.4, -0.2) is 17.1 Å². The van der Waals surface area contributed by atoms with Gasteiger partial charge in [-0.25, -0.2) is 10.4 Å². The van der Waals surface area contributed by atoms with Crippen molar-refractivity contribution in [2.45, 2.75) is 6.18 Å². The number of nitrogens with two attached hydrogens (primary N) is 1. The molecule has 0 spiro atoms. The number of carbonyl (C=O) groups is 1. The number of halogens is 3. The Balaban J connectivity index is 1.67. The number of hydrogen-bond donors (Lipinski definition) is 2. The van der Waals surface area contributed by atoms with Crippen LogP contribution in [0.25, 0.3) is 10.2 Å². The Kier molecular flexibility index (Phi) is 4.41. The number of fused-ring (bicyclic) bond motifs is 1. The topological polar surface area (TPSA) is 80.4 Å². The second-order valence-corrected chi connectivity index (χ2v) is 6.12. The van der Waals surface area contributed by atoms with Gasteiger partial charge in [0, 0.05) is 5.56 Å². The lowest BCUT2D eigenvalue weighted by molar-refractivity contribution is -0.137. The fourth-order valence-corrected chi connectivity index (χ4v) is 2.85. The van der Waals surface area contributed by atoms with Crippen LogP contribution in [0.4, 0.5) is 18.3 Å². The Hall–Kier alpha value is -2.94. The molecular formula is C16H11F3N4OS. The van der Waals surface area contributed by atoms with Crippen LogP contribution in [0.15, 0.2) is 47.6 Å². The Morgan fingerprint density at radius 2 is 1.92 bits per heavy atom. The molecule has 0 radical (unpaired) electrons. The number of alkyl halides is 3. The van der Waals surface area contributed by atoms with Crippen molar-refractivity contribution in [3.8, 4) is 0 Å². The number of nitrogens with one attached hydrogen (secondary N) is 1. The molecule has 25 heavy (non-hydrogen) atoms. The number of benzene rings is 2. The van der Waals surface area contributed by atoms with Crippen molar-refractivity contribution in [2.75, 3.05) is 5.73 Å². The molecule has 0 saturated carbocycles. The number of hydrogen-bond acceptors (Lipinski definition) is 5. The van der Waals surface area contributed by atoms with Gasteiger partial charge in [-0.3, -0.25) is 4.79 Å². The van der Waals surface area contributed by atoms with E-state index in [1.807, 2.05) is 0 Å².